The zero-order valence-electron chi connectivity index (χ0n) is 10.6. The number of aryl methyl sites for hydroxylation is 1. The smallest absolute Gasteiger partial charge is 0.245 e. The maximum absolute atomic E-state index is 12.1. The molecule has 0 saturated carbocycles. The van der Waals surface area contributed by atoms with Crippen LogP contribution in [0.2, 0.25) is 0 Å². The first-order valence-electron chi connectivity index (χ1n) is 5.58. The van der Waals surface area contributed by atoms with Gasteiger partial charge in [0, 0.05) is 0 Å². The Bertz CT molecular complexity index is 542. The Morgan fingerprint density at radius 2 is 1.94 bits per heavy atom. The molecule has 0 aliphatic rings. The largest absolute Gasteiger partial charge is 0.279 e. The van der Waals surface area contributed by atoms with Crippen LogP contribution in [0.25, 0.3) is 0 Å². The van der Waals surface area contributed by atoms with E-state index in [0.717, 1.165) is 9.87 Å². The van der Waals surface area contributed by atoms with Gasteiger partial charge in [0.1, 0.15) is 6.04 Å². The predicted molar refractivity (Wildman–Crippen MR) is 73.4 cm³/mol. The van der Waals surface area contributed by atoms with E-state index < -0.39 is 21.3 Å². The fraction of sp³-hybridized carbons (Fsp3) is 0.417. The van der Waals surface area contributed by atoms with Gasteiger partial charge in [0.15, 0.2) is 0 Å². The fourth-order valence-electron chi connectivity index (χ4n) is 1.64. The molecule has 1 atom stereocenters. The molecule has 0 aliphatic carbocycles. The number of hydrogen-bond acceptors (Lipinski definition) is 3. The normalized spacial score (nSPS) is 13.1. The maximum Gasteiger partial charge on any atom is 0.245 e. The lowest BCUT2D eigenvalue weighted by Crippen LogP contribution is -2.43. The zero-order valence-corrected chi connectivity index (χ0v) is 12.1. The van der Waals surface area contributed by atoms with Crippen LogP contribution in [-0.4, -0.2) is 25.5 Å². The molecule has 0 fully saturated rings. The summed E-state index contributed by atoms with van der Waals surface area (Å²) in [6.45, 7) is 4.81. The Morgan fingerprint density at radius 1 is 1.39 bits per heavy atom. The molecule has 0 N–H and O–H groups in total. The summed E-state index contributed by atoms with van der Waals surface area (Å²) in [6.07, 6.45) is 0. The van der Waals surface area contributed by atoms with Crippen molar-refractivity contribution in [2.75, 3.05) is 10.1 Å². The minimum atomic E-state index is -3.55. The molecule has 0 spiro atoms. The van der Waals surface area contributed by atoms with Crippen molar-refractivity contribution < 1.29 is 13.2 Å². The SMILES string of the molecule is CCS(=O)(=O)N(c1ccccc1C)C(C)C(=O)Cl. The fourth-order valence-corrected chi connectivity index (χ4v) is 3.16. The van der Waals surface area contributed by atoms with Crippen molar-refractivity contribution in [2.24, 2.45) is 0 Å². The standard InChI is InChI=1S/C12H16ClNO3S/c1-4-18(16,17)14(10(3)12(13)15)11-8-6-5-7-9(11)2/h5-8,10H,4H2,1-3H3. The summed E-state index contributed by atoms with van der Waals surface area (Å²) in [4.78, 5) is 11.3. The van der Waals surface area contributed by atoms with Gasteiger partial charge in [0.05, 0.1) is 11.4 Å². The summed E-state index contributed by atoms with van der Waals surface area (Å²) < 4.78 is 25.3. The first kappa shape index (κ1) is 15.0. The van der Waals surface area contributed by atoms with E-state index in [9.17, 15) is 13.2 Å². The highest BCUT2D eigenvalue weighted by Crippen LogP contribution is 2.26. The second kappa shape index (κ2) is 5.71. The summed E-state index contributed by atoms with van der Waals surface area (Å²) in [7, 11) is -3.55. The predicted octanol–water partition coefficient (Wildman–Crippen LogP) is 2.31. The van der Waals surface area contributed by atoms with Gasteiger partial charge in [-0.2, -0.15) is 0 Å². The minimum absolute atomic E-state index is 0.0875. The second-order valence-electron chi connectivity index (χ2n) is 3.96. The van der Waals surface area contributed by atoms with E-state index in [-0.39, 0.29) is 5.75 Å². The number of carbonyl (C=O) groups is 1. The Labute approximate surface area is 113 Å². The lowest BCUT2D eigenvalue weighted by Gasteiger charge is -2.29. The highest BCUT2D eigenvalue weighted by molar-refractivity contribution is 7.92. The van der Waals surface area contributed by atoms with Crippen molar-refractivity contribution in [3.05, 3.63) is 29.8 Å². The molecule has 0 heterocycles. The molecule has 1 unspecified atom stereocenters. The van der Waals surface area contributed by atoms with E-state index in [0.29, 0.717) is 5.69 Å². The Morgan fingerprint density at radius 3 is 2.39 bits per heavy atom. The molecule has 0 saturated heterocycles. The maximum atomic E-state index is 12.1. The molecule has 6 heteroatoms. The van der Waals surface area contributed by atoms with Crippen molar-refractivity contribution >= 4 is 32.6 Å². The number of sulfonamides is 1. The van der Waals surface area contributed by atoms with Crippen LogP contribution in [0.3, 0.4) is 0 Å². The van der Waals surface area contributed by atoms with E-state index in [1.807, 2.05) is 6.07 Å². The molecule has 100 valence electrons. The van der Waals surface area contributed by atoms with Gasteiger partial charge in [-0.1, -0.05) is 18.2 Å². The first-order chi connectivity index (χ1) is 8.31. The van der Waals surface area contributed by atoms with Crippen molar-refractivity contribution in [1.29, 1.82) is 0 Å². The van der Waals surface area contributed by atoms with Crippen molar-refractivity contribution in [2.45, 2.75) is 26.8 Å². The number of nitrogens with zero attached hydrogens (tertiary/aromatic N) is 1. The van der Waals surface area contributed by atoms with Crippen LogP contribution in [0.4, 0.5) is 5.69 Å². The molecule has 1 aromatic rings. The number of halogens is 1. The highest BCUT2D eigenvalue weighted by Gasteiger charge is 2.30. The Hall–Kier alpha value is -1.07. The third-order valence-corrected chi connectivity index (χ3v) is 4.86. The van der Waals surface area contributed by atoms with Crippen LogP contribution in [0, 0.1) is 6.92 Å². The summed E-state index contributed by atoms with van der Waals surface area (Å²) in [5, 5.41) is -0.699. The third-order valence-electron chi connectivity index (χ3n) is 2.70. The molecule has 4 nitrogen and oxygen atoms in total. The molecule has 0 bridgehead atoms. The van der Waals surface area contributed by atoms with Crippen LogP contribution in [-0.2, 0) is 14.8 Å². The third kappa shape index (κ3) is 3.03. The van der Waals surface area contributed by atoms with E-state index >= 15 is 0 Å². The van der Waals surface area contributed by atoms with Gasteiger partial charge in [-0.15, -0.1) is 0 Å². The topological polar surface area (TPSA) is 54.5 Å². The quantitative estimate of drug-likeness (QED) is 0.782. The van der Waals surface area contributed by atoms with Crippen LogP contribution in [0.5, 0.6) is 0 Å². The summed E-state index contributed by atoms with van der Waals surface area (Å²) >= 11 is 5.44. The molecule has 1 aromatic carbocycles. The Balaban J connectivity index is 3.40. The van der Waals surface area contributed by atoms with Crippen molar-refractivity contribution in [3.63, 3.8) is 0 Å². The van der Waals surface area contributed by atoms with Gasteiger partial charge in [0.2, 0.25) is 15.3 Å². The molecular formula is C12H16ClNO3S. The molecule has 0 amide bonds. The lowest BCUT2D eigenvalue weighted by molar-refractivity contribution is -0.112. The number of carbonyl (C=O) groups excluding carboxylic acids is 1. The first-order valence-corrected chi connectivity index (χ1v) is 7.57. The van der Waals surface area contributed by atoms with E-state index in [1.165, 1.54) is 13.8 Å². The van der Waals surface area contributed by atoms with Gasteiger partial charge in [-0.05, 0) is 44.0 Å². The highest BCUT2D eigenvalue weighted by atomic mass is 35.5. The summed E-state index contributed by atoms with van der Waals surface area (Å²) in [5.74, 6) is -0.0875. The minimum Gasteiger partial charge on any atom is -0.279 e. The molecular weight excluding hydrogens is 274 g/mol. The Kier molecular flexibility index (Phi) is 4.76. The number of rotatable bonds is 5. The average molecular weight is 290 g/mol. The van der Waals surface area contributed by atoms with Crippen LogP contribution >= 0.6 is 11.6 Å². The van der Waals surface area contributed by atoms with E-state index in [4.69, 9.17) is 11.6 Å². The van der Waals surface area contributed by atoms with Gasteiger partial charge >= 0.3 is 0 Å². The van der Waals surface area contributed by atoms with Crippen molar-refractivity contribution in [3.8, 4) is 0 Å². The van der Waals surface area contributed by atoms with Crippen LogP contribution in [0.15, 0.2) is 24.3 Å². The number of anilines is 1. The zero-order chi connectivity index (χ0) is 13.9. The number of hydrogen-bond donors (Lipinski definition) is 0. The second-order valence-corrected chi connectivity index (χ2v) is 6.47. The summed E-state index contributed by atoms with van der Waals surface area (Å²) in [5.41, 5.74) is 1.26. The molecule has 0 aromatic heterocycles. The van der Waals surface area contributed by atoms with Crippen LogP contribution in [0.1, 0.15) is 19.4 Å². The molecule has 0 radical (unpaired) electrons. The van der Waals surface area contributed by atoms with Gasteiger partial charge in [-0.3, -0.25) is 9.10 Å². The average Bonchev–Trinajstić information content (AvgIpc) is 2.31. The van der Waals surface area contributed by atoms with Crippen LogP contribution < -0.4 is 4.31 Å². The van der Waals surface area contributed by atoms with E-state index in [2.05, 4.69) is 0 Å². The molecule has 0 aliphatic heterocycles. The van der Waals surface area contributed by atoms with E-state index in [1.54, 1.807) is 25.1 Å². The molecule has 18 heavy (non-hydrogen) atoms. The lowest BCUT2D eigenvalue weighted by atomic mass is 10.2. The monoisotopic (exact) mass is 289 g/mol. The number of benzene rings is 1. The number of para-hydroxylation sites is 1. The summed E-state index contributed by atoms with van der Waals surface area (Å²) in [6, 6.07) is 6.07. The molecule has 1 rings (SSSR count). The van der Waals surface area contributed by atoms with Gasteiger partial charge in [0.25, 0.3) is 0 Å². The van der Waals surface area contributed by atoms with Crippen molar-refractivity contribution in [1.82, 2.24) is 0 Å². The van der Waals surface area contributed by atoms with Gasteiger partial charge < -0.3 is 0 Å². The van der Waals surface area contributed by atoms with Gasteiger partial charge in [-0.25, -0.2) is 8.42 Å².